The molecule has 1 aliphatic heterocycles. The average molecular weight is 446 g/mol. The number of rotatable bonds is 3. The zero-order valence-corrected chi connectivity index (χ0v) is 18.6. The summed E-state index contributed by atoms with van der Waals surface area (Å²) in [5.74, 6) is -0.585. The summed E-state index contributed by atoms with van der Waals surface area (Å²) in [5, 5.41) is 1.89. The van der Waals surface area contributed by atoms with Gasteiger partial charge in [-0.25, -0.2) is 0 Å². The summed E-state index contributed by atoms with van der Waals surface area (Å²) < 4.78 is 0. The van der Waals surface area contributed by atoms with E-state index in [2.05, 4.69) is 10.9 Å². The molecule has 3 amide bonds. The van der Waals surface area contributed by atoms with Crippen LogP contribution < -0.4 is 10.9 Å². The van der Waals surface area contributed by atoms with Crippen molar-refractivity contribution in [3.8, 4) is 0 Å². The molecule has 3 heterocycles. The third-order valence-electron chi connectivity index (χ3n) is 5.90. The van der Waals surface area contributed by atoms with Gasteiger partial charge in [0.1, 0.15) is 0 Å². The standard InChI is InChI=1S/C22H27N3O3S2/c26-20(15-9-11-25(12-10-15)22(28)18-8-5-13-29-18)23-24-21(27)19-14-16-6-3-1-2-4-7-17(16)30-19/h5,8,13-15H,1-4,6-7,9-12H2,(H,23,26)(H,24,27). The number of piperidine rings is 1. The number of thiophene rings is 2. The highest BCUT2D eigenvalue weighted by Gasteiger charge is 2.28. The zero-order chi connectivity index (χ0) is 20.9. The average Bonchev–Trinajstić information content (AvgIpc) is 3.42. The van der Waals surface area contributed by atoms with E-state index in [1.807, 2.05) is 23.6 Å². The van der Waals surface area contributed by atoms with Crippen molar-refractivity contribution >= 4 is 40.4 Å². The smallest absolute Gasteiger partial charge is 0.279 e. The molecule has 2 aromatic rings. The van der Waals surface area contributed by atoms with Gasteiger partial charge in [0.2, 0.25) is 5.91 Å². The maximum atomic E-state index is 12.5. The van der Waals surface area contributed by atoms with Crippen LogP contribution in [0.2, 0.25) is 0 Å². The van der Waals surface area contributed by atoms with E-state index in [1.54, 1.807) is 16.2 Å². The normalized spacial score (nSPS) is 17.5. The first-order valence-electron chi connectivity index (χ1n) is 10.7. The highest BCUT2D eigenvalue weighted by Crippen LogP contribution is 2.28. The van der Waals surface area contributed by atoms with Crippen molar-refractivity contribution in [1.82, 2.24) is 15.8 Å². The Morgan fingerprint density at radius 3 is 2.47 bits per heavy atom. The molecule has 0 radical (unpaired) electrons. The largest absolute Gasteiger partial charge is 0.338 e. The number of fused-ring (bicyclic) bond motifs is 1. The molecular weight excluding hydrogens is 418 g/mol. The van der Waals surface area contributed by atoms with Crippen LogP contribution in [0.1, 0.15) is 68.3 Å². The first kappa shape index (κ1) is 21.1. The van der Waals surface area contributed by atoms with Gasteiger partial charge in [-0.1, -0.05) is 18.9 Å². The lowest BCUT2D eigenvalue weighted by Gasteiger charge is -2.31. The summed E-state index contributed by atoms with van der Waals surface area (Å²) in [5.41, 5.74) is 6.47. The molecule has 2 N–H and O–H groups in total. The Balaban J connectivity index is 1.25. The number of aryl methyl sites for hydroxylation is 2. The number of nitrogens with zero attached hydrogens (tertiary/aromatic N) is 1. The number of likely N-dealkylation sites (tertiary alicyclic amines) is 1. The Kier molecular flexibility index (Phi) is 6.84. The van der Waals surface area contributed by atoms with Gasteiger partial charge >= 0.3 is 0 Å². The molecule has 4 rings (SSSR count). The van der Waals surface area contributed by atoms with Gasteiger partial charge in [0.15, 0.2) is 0 Å². The molecule has 2 aromatic heterocycles. The lowest BCUT2D eigenvalue weighted by atomic mass is 9.96. The van der Waals surface area contributed by atoms with Crippen LogP contribution in [-0.4, -0.2) is 35.7 Å². The fourth-order valence-corrected chi connectivity index (χ4v) is 5.98. The summed E-state index contributed by atoms with van der Waals surface area (Å²) in [6.45, 7) is 1.11. The van der Waals surface area contributed by atoms with Crippen molar-refractivity contribution in [2.24, 2.45) is 5.92 Å². The molecule has 0 spiro atoms. The van der Waals surface area contributed by atoms with Gasteiger partial charge in [0.05, 0.1) is 9.75 Å². The molecule has 0 unspecified atom stereocenters. The number of hydrogen-bond donors (Lipinski definition) is 2. The van der Waals surface area contributed by atoms with Crippen LogP contribution in [0, 0.1) is 5.92 Å². The van der Waals surface area contributed by atoms with E-state index in [1.165, 1.54) is 47.5 Å². The van der Waals surface area contributed by atoms with E-state index in [4.69, 9.17) is 0 Å². The Bertz CT molecular complexity index is 873. The van der Waals surface area contributed by atoms with Crippen LogP contribution in [-0.2, 0) is 17.6 Å². The second kappa shape index (κ2) is 9.75. The molecule has 8 heteroatoms. The predicted molar refractivity (Wildman–Crippen MR) is 119 cm³/mol. The van der Waals surface area contributed by atoms with E-state index in [0.717, 1.165) is 17.7 Å². The second-order valence-electron chi connectivity index (χ2n) is 7.96. The van der Waals surface area contributed by atoms with E-state index < -0.39 is 0 Å². The lowest BCUT2D eigenvalue weighted by molar-refractivity contribution is -0.127. The fourth-order valence-electron chi connectivity index (χ4n) is 4.14. The third kappa shape index (κ3) is 4.92. The predicted octanol–water partition coefficient (Wildman–Crippen LogP) is 3.78. The van der Waals surface area contributed by atoms with Gasteiger partial charge in [0, 0.05) is 23.9 Å². The highest BCUT2D eigenvalue weighted by atomic mass is 32.1. The second-order valence-corrected chi connectivity index (χ2v) is 10.0. The molecule has 6 nitrogen and oxygen atoms in total. The Labute approximate surface area is 184 Å². The number of nitrogens with one attached hydrogen (secondary N) is 2. The molecule has 2 aliphatic rings. The minimum Gasteiger partial charge on any atom is -0.338 e. The molecule has 0 saturated carbocycles. The fraction of sp³-hybridized carbons (Fsp3) is 0.500. The van der Waals surface area contributed by atoms with E-state index in [0.29, 0.717) is 30.8 Å². The molecular formula is C22H27N3O3S2. The molecule has 160 valence electrons. The third-order valence-corrected chi connectivity index (χ3v) is 8.00. The minimum atomic E-state index is -0.245. The molecule has 1 fully saturated rings. The maximum Gasteiger partial charge on any atom is 0.279 e. The number of carbonyl (C=O) groups excluding carboxylic acids is 3. The minimum absolute atomic E-state index is 0.0328. The van der Waals surface area contributed by atoms with Gasteiger partial charge in [-0.3, -0.25) is 25.2 Å². The van der Waals surface area contributed by atoms with E-state index in [-0.39, 0.29) is 23.6 Å². The van der Waals surface area contributed by atoms with Gasteiger partial charge in [-0.2, -0.15) is 0 Å². The van der Waals surface area contributed by atoms with Crippen LogP contribution in [0.25, 0.3) is 0 Å². The molecule has 1 aliphatic carbocycles. The quantitative estimate of drug-likeness (QED) is 0.706. The molecule has 0 aromatic carbocycles. The van der Waals surface area contributed by atoms with Crippen LogP contribution in [0.4, 0.5) is 0 Å². The summed E-state index contributed by atoms with van der Waals surface area (Å²) in [6, 6.07) is 5.68. The Morgan fingerprint density at radius 1 is 0.967 bits per heavy atom. The topological polar surface area (TPSA) is 78.5 Å². The van der Waals surface area contributed by atoms with Crippen molar-refractivity contribution in [3.63, 3.8) is 0 Å². The number of hydrogen-bond acceptors (Lipinski definition) is 5. The SMILES string of the molecule is O=C(NNC(=O)C1CCN(C(=O)c2cccs2)CC1)c1cc2c(s1)CCCCCC2. The van der Waals surface area contributed by atoms with Crippen molar-refractivity contribution in [2.75, 3.05) is 13.1 Å². The van der Waals surface area contributed by atoms with Crippen molar-refractivity contribution in [1.29, 1.82) is 0 Å². The lowest BCUT2D eigenvalue weighted by Crippen LogP contribution is -2.48. The van der Waals surface area contributed by atoms with Gasteiger partial charge in [-0.05, 0) is 61.6 Å². The summed E-state index contributed by atoms with van der Waals surface area (Å²) in [7, 11) is 0. The Morgan fingerprint density at radius 2 is 1.73 bits per heavy atom. The van der Waals surface area contributed by atoms with Crippen molar-refractivity contribution in [3.05, 3.63) is 43.8 Å². The number of amides is 3. The van der Waals surface area contributed by atoms with Gasteiger partial charge in [0.25, 0.3) is 11.8 Å². The maximum absolute atomic E-state index is 12.5. The van der Waals surface area contributed by atoms with E-state index >= 15 is 0 Å². The monoisotopic (exact) mass is 445 g/mol. The number of hydrazine groups is 1. The molecule has 1 saturated heterocycles. The summed E-state index contributed by atoms with van der Waals surface area (Å²) in [6.07, 6.45) is 8.15. The van der Waals surface area contributed by atoms with Crippen LogP contribution in [0.5, 0.6) is 0 Å². The van der Waals surface area contributed by atoms with Crippen molar-refractivity contribution in [2.45, 2.75) is 51.4 Å². The van der Waals surface area contributed by atoms with Crippen LogP contribution >= 0.6 is 22.7 Å². The van der Waals surface area contributed by atoms with Gasteiger partial charge < -0.3 is 4.90 Å². The van der Waals surface area contributed by atoms with E-state index in [9.17, 15) is 14.4 Å². The summed E-state index contributed by atoms with van der Waals surface area (Å²) in [4.78, 5) is 42.0. The first-order chi connectivity index (χ1) is 14.6. The van der Waals surface area contributed by atoms with Gasteiger partial charge in [-0.15, -0.1) is 22.7 Å². The molecule has 0 atom stereocenters. The first-order valence-corrected chi connectivity index (χ1v) is 12.4. The van der Waals surface area contributed by atoms with Crippen molar-refractivity contribution < 1.29 is 14.4 Å². The zero-order valence-electron chi connectivity index (χ0n) is 16.9. The van der Waals surface area contributed by atoms with Crippen LogP contribution in [0.3, 0.4) is 0 Å². The number of carbonyl (C=O) groups is 3. The Hall–Kier alpha value is -2.19. The molecule has 0 bridgehead atoms. The van der Waals surface area contributed by atoms with Crippen LogP contribution in [0.15, 0.2) is 23.6 Å². The summed E-state index contributed by atoms with van der Waals surface area (Å²) >= 11 is 2.98. The molecule has 30 heavy (non-hydrogen) atoms. The highest BCUT2D eigenvalue weighted by molar-refractivity contribution is 7.14.